The first kappa shape index (κ1) is 15.1. The Bertz CT molecular complexity index is 454. The number of likely N-dealkylation sites (tertiary alicyclic amines) is 1. The van der Waals surface area contributed by atoms with Crippen molar-refractivity contribution in [3.8, 4) is 0 Å². The predicted molar refractivity (Wildman–Crippen MR) is 86.2 cm³/mol. The zero-order valence-corrected chi connectivity index (χ0v) is 13.7. The standard InChI is InChI=1S/C18H30N2O/c1-3-9-19-12-17-11-16(14(2)21-17)13-20-10-5-7-15-6-4-8-18(15)20/h11,15,18-19H,3-10,12-13H2,1-2H3. The fourth-order valence-corrected chi connectivity index (χ4v) is 4.19. The molecular formula is C18H30N2O. The summed E-state index contributed by atoms with van der Waals surface area (Å²) in [5, 5.41) is 3.43. The van der Waals surface area contributed by atoms with Gasteiger partial charge in [-0.2, -0.15) is 0 Å². The van der Waals surface area contributed by atoms with Crippen molar-refractivity contribution in [1.29, 1.82) is 0 Å². The third kappa shape index (κ3) is 3.51. The molecule has 2 fully saturated rings. The summed E-state index contributed by atoms with van der Waals surface area (Å²) in [7, 11) is 0. The van der Waals surface area contributed by atoms with Crippen LogP contribution in [0, 0.1) is 12.8 Å². The summed E-state index contributed by atoms with van der Waals surface area (Å²) in [5.74, 6) is 3.18. The van der Waals surface area contributed by atoms with Gasteiger partial charge in [-0.25, -0.2) is 0 Å². The number of nitrogens with one attached hydrogen (secondary N) is 1. The zero-order chi connectivity index (χ0) is 14.7. The summed E-state index contributed by atoms with van der Waals surface area (Å²) in [6, 6.07) is 3.12. The number of hydrogen-bond donors (Lipinski definition) is 1. The molecule has 2 atom stereocenters. The van der Waals surface area contributed by atoms with Gasteiger partial charge in [0.2, 0.25) is 0 Å². The molecule has 2 unspecified atom stereocenters. The highest BCUT2D eigenvalue weighted by atomic mass is 16.3. The van der Waals surface area contributed by atoms with Crippen LogP contribution in [-0.4, -0.2) is 24.0 Å². The fraction of sp³-hybridized carbons (Fsp3) is 0.778. The molecule has 0 aromatic carbocycles. The fourth-order valence-electron chi connectivity index (χ4n) is 4.19. The van der Waals surface area contributed by atoms with Gasteiger partial charge in [0.15, 0.2) is 0 Å². The molecule has 2 aliphatic rings. The lowest BCUT2D eigenvalue weighted by Gasteiger charge is -2.37. The highest BCUT2D eigenvalue weighted by Crippen LogP contribution is 2.37. The van der Waals surface area contributed by atoms with Gasteiger partial charge in [-0.1, -0.05) is 13.3 Å². The lowest BCUT2D eigenvalue weighted by molar-refractivity contribution is 0.105. The molecule has 1 aromatic heterocycles. The van der Waals surface area contributed by atoms with E-state index < -0.39 is 0 Å². The summed E-state index contributed by atoms with van der Waals surface area (Å²) >= 11 is 0. The van der Waals surface area contributed by atoms with E-state index in [2.05, 4.69) is 30.1 Å². The minimum atomic E-state index is 0.842. The van der Waals surface area contributed by atoms with Crippen molar-refractivity contribution in [3.05, 3.63) is 23.2 Å². The van der Waals surface area contributed by atoms with Gasteiger partial charge >= 0.3 is 0 Å². The van der Waals surface area contributed by atoms with Crippen molar-refractivity contribution in [2.24, 2.45) is 5.92 Å². The molecule has 1 aliphatic heterocycles. The number of nitrogens with zero attached hydrogens (tertiary/aromatic N) is 1. The molecule has 3 rings (SSSR count). The van der Waals surface area contributed by atoms with E-state index in [1.807, 2.05) is 0 Å². The summed E-state index contributed by atoms with van der Waals surface area (Å²) in [6.07, 6.45) is 8.30. The van der Waals surface area contributed by atoms with Gasteiger partial charge in [-0.15, -0.1) is 0 Å². The summed E-state index contributed by atoms with van der Waals surface area (Å²) in [4.78, 5) is 2.72. The second-order valence-corrected chi connectivity index (χ2v) is 6.84. The molecule has 1 saturated heterocycles. The monoisotopic (exact) mass is 290 g/mol. The van der Waals surface area contributed by atoms with Gasteiger partial charge in [0, 0.05) is 18.2 Å². The van der Waals surface area contributed by atoms with Gasteiger partial charge < -0.3 is 9.73 Å². The summed E-state index contributed by atoms with van der Waals surface area (Å²) < 4.78 is 5.92. The second-order valence-electron chi connectivity index (χ2n) is 6.84. The van der Waals surface area contributed by atoms with E-state index in [1.54, 1.807) is 0 Å². The van der Waals surface area contributed by atoms with Crippen LogP contribution in [0.15, 0.2) is 10.5 Å². The third-order valence-corrected chi connectivity index (χ3v) is 5.28. The molecule has 3 nitrogen and oxygen atoms in total. The van der Waals surface area contributed by atoms with Crippen molar-refractivity contribution < 1.29 is 4.42 Å². The van der Waals surface area contributed by atoms with Crippen LogP contribution in [0.5, 0.6) is 0 Å². The first-order chi connectivity index (χ1) is 10.3. The van der Waals surface area contributed by atoms with E-state index in [0.717, 1.165) is 43.1 Å². The molecule has 1 saturated carbocycles. The molecule has 118 valence electrons. The van der Waals surface area contributed by atoms with Crippen molar-refractivity contribution in [2.45, 2.75) is 71.5 Å². The topological polar surface area (TPSA) is 28.4 Å². The van der Waals surface area contributed by atoms with Crippen molar-refractivity contribution >= 4 is 0 Å². The Morgan fingerprint density at radius 1 is 1.29 bits per heavy atom. The van der Waals surface area contributed by atoms with Gasteiger partial charge in [-0.05, 0) is 64.1 Å². The van der Waals surface area contributed by atoms with E-state index in [0.29, 0.717) is 0 Å². The maximum absolute atomic E-state index is 5.92. The van der Waals surface area contributed by atoms with E-state index in [4.69, 9.17) is 4.42 Å². The maximum Gasteiger partial charge on any atom is 0.118 e. The highest BCUT2D eigenvalue weighted by Gasteiger charge is 2.35. The Hall–Kier alpha value is -0.800. The van der Waals surface area contributed by atoms with Crippen molar-refractivity contribution in [1.82, 2.24) is 10.2 Å². The van der Waals surface area contributed by atoms with Gasteiger partial charge in [0.25, 0.3) is 0 Å². The number of fused-ring (bicyclic) bond motifs is 1. The average Bonchev–Trinajstić information content (AvgIpc) is 3.07. The average molecular weight is 290 g/mol. The SMILES string of the molecule is CCCNCc1cc(CN2CCCC3CCCC32)c(C)o1. The largest absolute Gasteiger partial charge is 0.465 e. The quantitative estimate of drug-likeness (QED) is 0.807. The molecule has 1 N–H and O–H groups in total. The number of piperidine rings is 1. The minimum Gasteiger partial charge on any atom is -0.465 e. The third-order valence-electron chi connectivity index (χ3n) is 5.28. The van der Waals surface area contributed by atoms with E-state index in [9.17, 15) is 0 Å². The van der Waals surface area contributed by atoms with E-state index in [1.165, 1.54) is 50.6 Å². The predicted octanol–water partition coefficient (Wildman–Crippen LogP) is 3.85. The number of rotatable bonds is 6. The van der Waals surface area contributed by atoms with Crippen LogP contribution < -0.4 is 5.32 Å². The van der Waals surface area contributed by atoms with Crippen LogP contribution in [0.25, 0.3) is 0 Å². The maximum atomic E-state index is 5.92. The summed E-state index contributed by atoms with van der Waals surface area (Å²) in [5.41, 5.74) is 1.40. The van der Waals surface area contributed by atoms with Crippen molar-refractivity contribution in [3.63, 3.8) is 0 Å². The summed E-state index contributed by atoms with van der Waals surface area (Å²) in [6.45, 7) is 8.60. The molecule has 1 aliphatic carbocycles. The second kappa shape index (κ2) is 6.97. The molecule has 3 heteroatoms. The Morgan fingerprint density at radius 2 is 2.14 bits per heavy atom. The minimum absolute atomic E-state index is 0.842. The van der Waals surface area contributed by atoms with Crippen LogP contribution in [0.2, 0.25) is 0 Å². The Morgan fingerprint density at radius 3 is 3.00 bits per heavy atom. The zero-order valence-electron chi connectivity index (χ0n) is 13.7. The molecule has 1 aromatic rings. The Labute approximate surface area is 129 Å². The van der Waals surface area contributed by atoms with Gasteiger partial charge in [-0.3, -0.25) is 4.90 Å². The number of furan rings is 1. The Balaban J connectivity index is 1.61. The lowest BCUT2D eigenvalue weighted by Crippen LogP contribution is -2.41. The molecule has 21 heavy (non-hydrogen) atoms. The molecule has 0 bridgehead atoms. The van der Waals surface area contributed by atoms with Gasteiger partial charge in [0.1, 0.15) is 11.5 Å². The highest BCUT2D eigenvalue weighted by molar-refractivity contribution is 5.21. The van der Waals surface area contributed by atoms with Crippen LogP contribution in [0.1, 0.15) is 62.5 Å². The van der Waals surface area contributed by atoms with Crippen LogP contribution >= 0.6 is 0 Å². The Kier molecular flexibility index (Phi) is 5.02. The first-order valence-corrected chi connectivity index (χ1v) is 8.81. The molecule has 0 radical (unpaired) electrons. The van der Waals surface area contributed by atoms with E-state index >= 15 is 0 Å². The first-order valence-electron chi connectivity index (χ1n) is 8.81. The number of aryl methyl sites for hydroxylation is 1. The molecule has 0 spiro atoms. The van der Waals surface area contributed by atoms with Crippen LogP contribution in [0.3, 0.4) is 0 Å². The van der Waals surface area contributed by atoms with E-state index in [-0.39, 0.29) is 0 Å². The van der Waals surface area contributed by atoms with Gasteiger partial charge in [0.05, 0.1) is 6.54 Å². The van der Waals surface area contributed by atoms with Crippen LogP contribution in [-0.2, 0) is 13.1 Å². The normalized spacial score (nSPS) is 26.2. The molecule has 2 heterocycles. The molecule has 0 amide bonds. The molecular weight excluding hydrogens is 260 g/mol. The number of hydrogen-bond acceptors (Lipinski definition) is 3. The smallest absolute Gasteiger partial charge is 0.118 e. The van der Waals surface area contributed by atoms with Crippen molar-refractivity contribution in [2.75, 3.05) is 13.1 Å². The van der Waals surface area contributed by atoms with Crippen LogP contribution in [0.4, 0.5) is 0 Å². The lowest BCUT2D eigenvalue weighted by atomic mass is 9.91.